The number of aromatic nitrogens is 3. The van der Waals surface area contributed by atoms with Gasteiger partial charge in [0.25, 0.3) is 0 Å². The predicted octanol–water partition coefficient (Wildman–Crippen LogP) is 0.993. The zero-order valence-electron chi connectivity index (χ0n) is 8.71. The number of nitrogens with zero attached hydrogens (tertiary/aromatic N) is 3. The largest absolute Gasteiger partial charge is 0.464 e. The minimum Gasteiger partial charge on any atom is -0.464 e. The average molecular weight is 207 g/mol. The molecular weight excluding hydrogens is 194 g/mol. The van der Waals surface area contributed by atoms with Crippen LogP contribution in [0.15, 0.2) is 22.7 Å². The summed E-state index contributed by atoms with van der Waals surface area (Å²) < 4.78 is 6.93. The first-order valence-corrected chi connectivity index (χ1v) is 4.75. The smallest absolute Gasteiger partial charge is 0.133 e. The SMILES string of the molecule is Cc1ccc(C(O)Cc2cn(C)nn2)o1. The molecule has 0 saturated heterocycles. The molecule has 1 unspecified atom stereocenters. The van der Waals surface area contributed by atoms with E-state index in [1.165, 1.54) is 0 Å². The number of rotatable bonds is 3. The Labute approximate surface area is 87.3 Å². The van der Waals surface area contributed by atoms with Crippen molar-refractivity contribution >= 4 is 0 Å². The molecule has 0 fully saturated rings. The fourth-order valence-corrected chi connectivity index (χ4v) is 1.42. The molecule has 0 aliphatic heterocycles. The molecule has 0 aliphatic rings. The van der Waals surface area contributed by atoms with Crippen molar-refractivity contribution in [3.05, 3.63) is 35.5 Å². The Balaban J connectivity index is 2.06. The Morgan fingerprint density at radius 2 is 2.33 bits per heavy atom. The van der Waals surface area contributed by atoms with Crippen LogP contribution < -0.4 is 0 Å². The highest BCUT2D eigenvalue weighted by Crippen LogP contribution is 2.19. The summed E-state index contributed by atoms with van der Waals surface area (Å²) in [6, 6.07) is 3.60. The number of aliphatic hydroxyl groups excluding tert-OH is 1. The maximum absolute atomic E-state index is 9.83. The van der Waals surface area contributed by atoms with Crippen LogP contribution in [0, 0.1) is 6.92 Å². The van der Waals surface area contributed by atoms with Crippen LogP contribution in [0.5, 0.6) is 0 Å². The van der Waals surface area contributed by atoms with Gasteiger partial charge in [-0.2, -0.15) is 0 Å². The zero-order chi connectivity index (χ0) is 10.8. The van der Waals surface area contributed by atoms with Gasteiger partial charge < -0.3 is 9.52 Å². The molecule has 80 valence electrons. The highest BCUT2D eigenvalue weighted by Gasteiger charge is 2.13. The third kappa shape index (κ3) is 2.24. The molecule has 0 bridgehead atoms. The first-order chi connectivity index (χ1) is 7.15. The molecule has 15 heavy (non-hydrogen) atoms. The highest BCUT2D eigenvalue weighted by molar-refractivity contribution is 5.10. The fraction of sp³-hybridized carbons (Fsp3) is 0.400. The second-order valence-electron chi connectivity index (χ2n) is 3.55. The lowest BCUT2D eigenvalue weighted by Gasteiger charge is -2.04. The Morgan fingerprint density at radius 3 is 2.87 bits per heavy atom. The number of hydrogen-bond donors (Lipinski definition) is 1. The Bertz CT molecular complexity index is 447. The molecule has 1 atom stereocenters. The predicted molar refractivity (Wildman–Crippen MR) is 53.1 cm³/mol. The van der Waals surface area contributed by atoms with E-state index in [9.17, 15) is 5.11 Å². The van der Waals surface area contributed by atoms with E-state index in [1.54, 1.807) is 24.0 Å². The van der Waals surface area contributed by atoms with E-state index in [1.807, 2.05) is 13.0 Å². The molecular formula is C10H13N3O2. The van der Waals surface area contributed by atoms with Gasteiger partial charge in [0.05, 0.1) is 5.69 Å². The quantitative estimate of drug-likeness (QED) is 0.815. The van der Waals surface area contributed by atoms with Crippen molar-refractivity contribution in [3.63, 3.8) is 0 Å². The second kappa shape index (κ2) is 3.86. The minimum atomic E-state index is -0.657. The van der Waals surface area contributed by atoms with Crippen molar-refractivity contribution in [3.8, 4) is 0 Å². The lowest BCUT2D eigenvalue weighted by atomic mass is 10.1. The molecule has 1 N–H and O–H groups in total. The Hall–Kier alpha value is -1.62. The summed E-state index contributed by atoms with van der Waals surface area (Å²) in [6.07, 6.45) is 1.54. The molecule has 0 aliphatic carbocycles. The van der Waals surface area contributed by atoms with Crippen LogP contribution in [0.25, 0.3) is 0 Å². The van der Waals surface area contributed by atoms with Gasteiger partial charge >= 0.3 is 0 Å². The van der Waals surface area contributed by atoms with Crippen LogP contribution in [-0.2, 0) is 13.5 Å². The van der Waals surface area contributed by atoms with E-state index in [0.717, 1.165) is 11.5 Å². The normalized spacial score (nSPS) is 13.0. The molecule has 5 nitrogen and oxygen atoms in total. The third-order valence-electron chi connectivity index (χ3n) is 2.14. The molecule has 2 aromatic heterocycles. The summed E-state index contributed by atoms with van der Waals surface area (Å²) in [4.78, 5) is 0. The fourth-order valence-electron chi connectivity index (χ4n) is 1.42. The summed E-state index contributed by atoms with van der Waals surface area (Å²) in [7, 11) is 1.79. The van der Waals surface area contributed by atoms with Crippen LogP contribution in [-0.4, -0.2) is 20.1 Å². The van der Waals surface area contributed by atoms with E-state index in [2.05, 4.69) is 10.3 Å². The molecule has 0 radical (unpaired) electrons. The third-order valence-corrected chi connectivity index (χ3v) is 2.14. The lowest BCUT2D eigenvalue weighted by Crippen LogP contribution is -2.00. The van der Waals surface area contributed by atoms with Gasteiger partial charge in [0, 0.05) is 19.7 Å². The molecule has 2 heterocycles. The van der Waals surface area contributed by atoms with Crippen molar-refractivity contribution in [2.45, 2.75) is 19.4 Å². The van der Waals surface area contributed by atoms with Crippen molar-refractivity contribution in [1.82, 2.24) is 15.0 Å². The number of furan rings is 1. The lowest BCUT2D eigenvalue weighted by molar-refractivity contribution is 0.147. The molecule has 2 rings (SSSR count). The van der Waals surface area contributed by atoms with Crippen molar-refractivity contribution in [2.75, 3.05) is 0 Å². The molecule has 5 heteroatoms. The molecule has 0 saturated carbocycles. The molecule has 0 amide bonds. The first-order valence-electron chi connectivity index (χ1n) is 4.75. The van der Waals surface area contributed by atoms with E-state index >= 15 is 0 Å². The summed E-state index contributed by atoms with van der Waals surface area (Å²) in [5.74, 6) is 1.36. The molecule has 0 aromatic carbocycles. The number of hydrogen-bond acceptors (Lipinski definition) is 4. The van der Waals surface area contributed by atoms with Gasteiger partial charge in [-0.3, -0.25) is 4.68 Å². The van der Waals surface area contributed by atoms with Gasteiger partial charge in [0.2, 0.25) is 0 Å². The van der Waals surface area contributed by atoms with Gasteiger partial charge in [-0.05, 0) is 19.1 Å². The average Bonchev–Trinajstić information content (AvgIpc) is 2.75. The van der Waals surface area contributed by atoms with Crippen molar-refractivity contribution < 1.29 is 9.52 Å². The van der Waals surface area contributed by atoms with Gasteiger partial charge in [0.1, 0.15) is 17.6 Å². The van der Waals surface area contributed by atoms with Crippen LogP contribution in [0.2, 0.25) is 0 Å². The Kier molecular flexibility index (Phi) is 2.55. The van der Waals surface area contributed by atoms with Crippen LogP contribution in [0.3, 0.4) is 0 Å². The Morgan fingerprint density at radius 1 is 1.53 bits per heavy atom. The van der Waals surface area contributed by atoms with Gasteiger partial charge in [-0.1, -0.05) is 5.21 Å². The standard InChI is InChI=1S/C10H13N3O2/c1-7-3-4-10(15-7)9(14)5-8-6-13(2)12-11-8/h3-4,6,9,14H,5H2,1-2H3. The second-order valence-corrected chi connectivity index (χ2v) is 3.55. The van der Waals surface area contributed by atoms with Crippen LogP contribution >= 0.6 is 0 Å². The summed E-state index contributed by atoms with van der Waals surface area (Å²) >= 11 is 0. The maximum Gasteiger partial charge on any atom is 0.133 e. The molecule has 2 aromatic rings. The zero-order valence-corrected chi connectivity index (χ0v) is 8.71. The van der Waals surface area contributed by atoms with Gasteiger partial charge in [-0.15, -0.1) is 5.10 Å². The van der Waals surface area contributed by atoms with E-state index in [4.69, 9.17) is 4.42 Å². The topological polar surface area (TPSA) is 64.1 Å². The molecule has 0 spiro atoms. The maximum atomic E-state index is 9.83. The summed E-state index contributed by atoms with van der Waals surface area (Å²) in [5, 5.41) is 17.5. The van der Waals surface area contributed by atoms with Crippen molar-refractivity contribution in [1.29, 1.82) is 0 Å². The number of aliphatic hydroxyl groups is 1. The summed E-state index contributed by atoms with van der Waals surface area (Å²) in [5.41, 5.74) is 0.749. The van der Waals surface area contributed by atoms with E-state index in [-0.39, 0.29) is 0 Å². The van der Waals surface area contributed by atoms with Gasteiger partial charge in [0.15, 0.2) is 0 Å². The van der Waals surface area contributed by atoms with E-state index in [0.29, 0.717) is 12.2 Å². The van der Waals surface area contributed by atoms with Crippen LogP contribution in [0.1, 0.15) is 23.3 Å². The number of aryl methyl sites for hydroxylation is 2. The monoisotopic (exact) mass is 207 g/mol. The van der Waals surface area contributed by atoms with E-state index < -0.39 is 6.10 Å². The van der Waals surface area contributed by atoms with Crippen LogP contribution in [0.4, 0.5) is 0 Å². The van der Waals surface area contributed by atoms with Crippen molar-refractivity contribution in [2.24, 2.45) is 7.05 Å². The minimum absolute atomic E-state index is 0.417. The van der Waals surface area contributed by atoms with Gasteiger partial charge in [-0.25, -0.2) is 0 Å². The highest BCUT2D eigenvalue weighted by atomic mass is 16.4. The first kappa shape index (κ1) is 9.92. The summed E-state index contributed by atoms with van der Waals surface area (Å²) in [6.45, 7) is 1.85.